The van der Waals surface area contributed by atoms with Gasteiger partial charge in [-0.3, -0.25) is 4.79 Å². The number of carbonyl (C=O) groups excluding carboxylic acids is 1. The van der Waals surface area contributed by atoms with Gasteiger partial charge in [-0.1, -0.05) is 23.2 Å². The van der Waals surface area contributed by atoms with Crippen LogP contribution in [-0.2, 0) is 0 Å². The molecule has 9 N–H and O–H groups in total. The number of halogens is 1. The summed E-state index contributed by atoms with van der Waals surface area (Å²) in [5, 5.41) is 22.2. The Morgan fingerprint density at radius 3 is 1.68 bits per heavy atom. The van der Waals surface area contributed by atoms with Crippen molar-refractivity contribution in [2.45, 2.75) is 40.2 Å². The van der Waals surface area contributed by atoms with E-state index < -0.39 is 11.4 Å². The molecule has 0 saturated heterocycles. The monoisotopic (exact) mass is 475 g/mol. The first-order valence-corrected chi connectivity index (χ1v) is 10.0. The van der Waals surface area contributed by atoms with E-state index in [9.17, 15) is 4.79 Å². The number of nitrogens with two attached hydrogens (primary N) is 4. The van der Waals surface area contributed by atoms with E-state index in [0.29, 0.717) is 28.1 Å². The topological polar surface area (TPSA) is 194 Å². The standard InChI is InChI=1S/C21H30FN9O.CH4O/c1-7-8-12(2)21(5,6)31(22)18(32)17-10-15(13(3)27-29-19(23)24)9-16(11-17)14(4)28-30-20(25)26;1-2/h7-11H,2H2,1,3-6H3,(H4,23,24,29)(H4,25,26,30);2H,1H3/b8-7-,27-13-,28-14+;. The molecule has 0 bridgehead atoms. The fourth-order valence-electron chi connectivity index (χ4n) is 2.45. The van der Waals surface area contributed by atoms with Crippen molar-refractivity contribution >= 4 is 29.2 Å². The maximum Gasteiger partial charge on any atom is 0.282 e. The van der Waals surface area contributed by atoms with Crippen LogP contribution in [0.3, 0.4) is 0 Å². The smallest absolute Gasteiger partial charge is 0.282 e. The highest BCUT2D eigenvalue weighted by atomic mass is 19.2. The Morgan fingerprint density at radius 2 is 1.32 bits per heavy atom. The van der Waals surface area contributed by atoms with Gasteiger partial charge < -0.3 is 28.0 Å². The van der Waals surface area contributed by atoms with Gasteiger partial charge in [0.25, 0.3) is 5.91 Å². The molecule has 0 aliphatic carbocycles. The van der Waals surface area contributed by atoms with Crippen molar-refractivity contribution in [1.29, 1.82) is 0 Å². The lowest BCUT2D eigenvalue weighted by Gasteiger charge is -2.32. The third-order valence-corrected chi connectivity index (χ3v) is 4.47. The summed E-state index contributed by atoms with van der Waals surface area (Å²) in [6, 6.07) is 4.62. The zero-order chi connectivity index (χ0) is 26.6. The van der Waals surface area contributed by atoms with E-state index in [-0.39, 0.29) is 22.6 Å². The predicted octanol–water partition coefficient (Wildman–Crippen LogP) is 1.53. The molecule has 34 heavy (non-hydrogen) atoms. The van der Waals surface area contributed by atoms with E-state index in [1.807, 2.05) is 0 Å². The SMILES string of the molecule is C=C(/C=C\C)C(C)(C)N(F)C(=O)c1cc(/C(C)=N\N=C(N)N)cc(/C(C)=N/N=C(N)N)c1.CO. The Bertz CT molecular complexity index is 981. The van der Waals surface area contributed by atoms with Crippen molar-refractivity contribution in [3.05, 3.63) is 59.2 Å². The largest absolute Gasteiger partial charge is 0.400 e. The van der Waals surface area contributed by atoms with Gasteiger partial charge in [-0.25, -0.2) is 0 Å². The second-order valence-electron chi connectivity index (χ2n) is 7.39. The highest BCUT2D eigenvalue weighted by molar-refractivity contribution is 6.07. The first-order chi connectivity index (χ1) is 15.8. The second kappa shape index (κ2) is 13.5. The molecular formula is C22H34FN9O2. The minimum absolute atomic E-state index is 0.0415. The molecule has 11 nitrogen and oxygen atoms in total. The normalized spacial score (nSPS) is 11.9. The number of hydrogen-bond donors (Lipinski definition) is 5. The molecule has 0 atom stereocenters. The van der Waals surface area contributed by atoms with E-state index >= 15 is 4.48 Å². The molecule has 0 aliphatic heterocycles. The lowest BCUT2D eigenvalue weighted by molar-refractivity contribution is -0.0244. The van der Waals surface area contributed by atoms with Crippen LogP contribution >= 0.6 is 0 Å². The Kier molecular flexibility index (Phi) is 11.9. The number of aliphatic hydroxyl groups excluding tert-OH is 1. The summed E-state index contributed by atoms with van der Waals surface area (Å²) in [5.74, 6) is -1.35. The van der Waals surface area contributed by atoms with E-state index in [1.165, 1.54) is 12.1 Å². The van der Waals surface area contributed by atoms with Gasteiger partial charge in [-0.15, -0.1) is 10.2 Å². The van der Waals surface area contributed by atoms with Crippen LogP contribution in [0, 0.1) is 0 Å². The van der Waals surface area contributed by atoms with E-state index in [2.05, 4.69) is 27.0 Å². The van der Waals surface area contributed by atoms with Crippen molar-refractivity contribution < 1.29 is 14.4 Å². The number of allylic oxidation sites excluding steroid dienone is 1. The molecule has 1 amide bonds. The molecule has 1 rings (SSSR count). The molecule has 0 heterocycles. The minimum Gasteiger partial charge on any atom is -0.400 e. The molecule has 0 saturated carbocycles. The summed E-state index contributed by atoms with van der Waals surface area (Å²) in [5.41, 5.74) is 22.2. The lowest BCUT2D eigenvalue weighted by atomic mass is 9.93. The number of carbonyl (C=O) groups is 1. The van der Waals surface area contributed by atoms with Gasteiger partial charge in [0, 0.05) is 12.7 Å². The summed E-state index contributed by atoms with van der Waals surface area (Å²) in [6.07, 6.45) is 3.36. The molecular weight excluding hydrogens is 441 g/mol. The van der Waals surface area contributed by atoms with Crippen LogP contribution in [0.5, 0.6) is 0 Å². The van der Waals surface area contributed by atoms with Gasteiger partial charge in [0.1, 0.15) is 0 Å². The molecule has 1 aromatic carbocycles. The summed E-state index contributed by atoms with van der Waals surface area (Å²) < 4.78 is 15.2. The zero-order valence-corrected chi connectivity index (χ0v) is 20.4. The molecule has 0 aromatic heterocycles. The number of aliphatic hydroxyl groups is 1. The van der Waals surface area contributed by atoms with E-state index in [0.717, 1.165) is 7.11 Å². The number of amides is 1. The average Bonchev–Trinajstić information content (AvgIpc) is 2.80. The third kappa shape index (κ3) is 8.47. The maximum absolute atomic E-state index is 15.2. The highest BCUT2D eigenvalue weighted by Crippen LogP contribution is 2.27. The maximum atomic E-state index is 15.2. The van der Waals surface area contributed by atoms with Crippen molar-refractivity contribution in [3.8, 4) is 0 Å². The van der Waals surface area contributed by atoms with Crippen LogP contribution in [-0.4, -0.2) is 52.1 Å². The van der Waals surface area contributed by atoms with Crippen LogP contribution in [0.25, 0.3) is 0 Å². The molecule has 1 aromatic rings. The fraction of sp³-hybridized carbons (Fsp3) is 0.318. The molecule has 0 fully saturated rings. The first-order valence-electron chi connectivity index (χ1n) is 10.0. The Morgan fingerprint density at radius 1 is 0.941 bits per heavy atom. The Hall–Kier alpha value is -4.06. The number of hydrogen-bond acceptors (Lipinski definition) is 6. The summed E-state index contributed by atoms with van der Waals surface area (Å²) in [7, 11) is 1.00. The van der Waals surface area contributed by atoms with Crippen LogP contribution in [0.15, 0.2) is 62.9 Å². The number of rotatable bonds is 8. The molecule has 0 aliphatic rings. The Labute approximate surface area is 199 Å². The highest BCUT2D eigenvalue weighted by Gasteiger charge is 2.34. The number of guanidine groups is 2. The van der Waals surface area contributed by atoms with Gasteiger partial charge in [0.15, 0.2) is 0 Å². The third-order valence-electron chi connectivity index (χ3n) is 4.47. The van der Waals surface area contributed by atoms with E-state index in [4.69, 9.17) is 28.0 Å². The number of benzene rings is 1. The van der Waals surface area contributed by atoms with Crippen molar-refractivity contribution in [1.82, 2.24) is 5.12 Å². The minimum atomic E-state index is -1.29. The molecule has 0 unspecified atom stereocenters. The van der Waals surface area contributed by atoms with Crippen molar-refractivity contribution in [2.75, 3.05) is 7.11 Å². The summed E-state index contributed by atoms with van der Waals surface area (Å²) in [4.78, 5) is 13.1. The van der Waals surface area contributed by atoms with Gasteiger partial charge in [0.05, 0.1) is 17.0 Å². The summed E-state index contributed by atoms with van der Waals surface area (Å²) >= 11 is 0. The van der Waals surface area contributed by atoms with Crippen LogP contribution in [0.2, 0.25) is 0 Å². The van der Waals surface area contributed by atoms with Crippen molar-refractivity contribution in [3.63, 3.8) is 0 Å². The second-order valence-corrected chi connectivity index (χ2v) is 7.39. The van der Waals surface area contributed by atoms with Crippen molar-refractivity contribution in [2.24, 2.45) is 43.3 Å². The van der Waals surface area contributed by atoms with Gasteiger partial charge in [0.2, 0.25) is 11.9 Å². The van der Waals surface area contributed by atoms with Crippen LogP contribution < -0.4 is 22.9 Å². The Balaban J connectivity index is 0.00000529. The zero-order valence-electron chi connectivity index (χ0n) is 20.4. The fourth-order valence-corrected chi connectivity index (χ4v) is 2.45. The van der Waals surface area contributed by atoms with Crippen LogP contribution in [0.4, 0.5) is 4.48 Å². The number of nitrogens with zero attached hydrogens (tertiary/aromatic N) is 5. The molecule has 186 valence electrons. The van der Waals surface area contributed by atoms with E-state index in [1.54, 1.807) is 52.8 Å². The molecule has 0 radical (unpaired) electrons. The first kappa shape index (κ1) is 29.9. The summed E-state index contributed by atoms with van der Waals surface area (Å²) in [6.45, 7) is 12.0. The molecule has 0 spiro atoms. The van der Waals surface area contributed by atoms with Crippen LogP contribution in [0.1, 0.15) is 56.1 Å². The van der Waals surface area contributed by atoms with Gasteiger partial charge >= 0.3 is 0 Å². The lowest BCUT2D eigenvalue weighted by Crippen LogP contribution is -2.43. The van der Waals surface area contributed by atoms with Gasteiger partial charge in [-0.05, 0) is 69.5 Å². The predicted molar refractivity (Wildman–Crippen MR) is 136 cm³/mol. The molecule has 12 heteroatoms. The quantitative estimate of drug-likeness (QED) is 0.124. The van der Waals surface area contributed by atoms with Gasteiger partial charge in [-0.2, -0.15) is 15.3 Å². The average molecular weight is 476 g/mol.